The second kappa shape index (κ2) is 9.88. The number of carbonyl (C=O) groups excluding carboxylic acids is 2. The number of nitrogens with zero attached hydrogens (tertiary/aromatic N) is 1. The normalized spacial score (nSPS) is 19.3. The average Bonchev–Trinajstić information content (AvgIpc) is 3.07. The Bertz CT molecular complexity index is 642. The zero-order chi connectivity index (χ0) is 20.0. The first kappa shape index (κ1) is 21.4. The van der Waals surface area contributed by atoms with Gasteiger partial charge in [-0.2, -0.15) is 0 Å². The molecule has 2 rings (SSSR count). The Kier molecular flexibility index (Phi) is 7.83. The third-order valence-corrected chi connectivity index (χ3v) is 5.63. The van der Waals surface area contributed by atoms with E-state index in [1.165, 1.54) is 0 Å². The van der Waals surface area contributed by atoms with Crippen LogP contribution in [0.2, 0.25) is 0 Å². The van der Waals surface area contributed by atoms with Crippen molar-refractivity contribution >= 4 is 23.6 Å². The number of esters is 1. The zero-order valence-corrected chi connectivity index (χ0v) is 17.5. The van der Waals surface area contributed by atoms with Crippen LogP contribution in [-0.2, 0) is 9.53 Å². The van der Waals surface area contributed by atoms with Crippen molar-refractivity contribution in [2.24, 2.45) is 5.92 Å². The molecule has 1 aliphatic rings. The summed E-state index contributed by atoms with van der Waals surface area (Å²) in [6.45, 7) is 6.54. The Balaban J connectivity index is 2.34. The number of benzene rings is 1. The first-order valence-corrected chi connectivity index (χ1v) is 10.3. The molecule has 0 aromatic heterocycles. The number of rotatable bonds is 8. The predicted molar refractivity (Wildman–Crippen MR) is 106 cm³/mol. The molecule has 0 N–H and O–H groups in total. The molecule has 6 nitrogen and oxygen atoms in total. The van der Waals surface area contributed by atoms with Gasteiger partial charge in [-0.25, -0.2) is 4.79 Å². The summed E-state index contributed by atoms with van der Waals surface area (Å²) in [6, 6.07) is 4.49. The van der Waals surface area contributed by atoms with E-state index in [0.717, 1.165) is 12.8 Å². The van der Waals surface area contributed by atoms with Gasteiger partial charge in [0.1, 0.15) is 17.5 Å². The Labute approximate surface area is 165 Å². The Morgan fingerprint density at radius 2 is 1.81 bits per heavy atom. The molecule has 27 heavy (non-hydrogen) atoms. The van der Waals surface area contributed by atoms with Crippen LogP contribution in [0.4, 0.5) is 0 Å². The predicted octanol–water partition coefficient (Wildman–Crippen LogP) is 3.59. The summed E-state index contributed by atoms with van der Waals surface area (Å²) in [6.07, 6.45) is 1.57. The van der Waals surface area contributed by atoms with Crippen LogP contribution >= 0.6 is 11.8 Å². The lowest BCUT2D eigenvalue weighted by Crippen LogP contribution is -2.46. The van der Waals surface area contributed by atoms with Crippen LogP contribution in [0.5, 0.6) is 11.5 Å². The van der Waals surface area contributed by atoms with Crippen LogP contribution in [-0.4, -0.2) is 54.8 Å². The molecule has 0 radical (unpaired) electrons. The van der Waals surface area contributed by atoms with Crippen molar-refractivity contribution in [3.05, 3.63) is 23.8 Å². The van der Waals surface area contributed by atoms with E-state index >= 15 is 0 Å². The van der Waals surface area contributed by atoms with Crippen molar-refractivity contribution in [2.75, 3.05) is 26.6 Å². The first-order valence-electron chi connectivity index (χ1n) is 9.25. The highest BCUT2D eigenvalue weighted by Crippen LogP contribution is 2.36. The van der Waals surface area contributed by atoms with Crippen LogP contribution < -0.4 is 9.47 Å². The highest BCUT2D eigenvalue weighted by Gasteiger charge is 2.43. The van der Waals surface area contributed by atoms with Crippen molar-refractivity contribution in [1.29, 1.82) is 0 Å². The molecule has 150 valence electrons. The van der Waals surface area contributed by atoms with Crippen molar-refractivity contribution in [3.63, 3.8) is 0 Å². The summed E-state index contributed by atoms with van der Waals surface area (Å²) in [5.74, 6) is 1.49. The fraction of sp³-hybridized carbons (Fsp3) is 0.600. The van der Waals surface area contributed by atoms with Gasteiger partial charge < -0.3 is 19.1 Å². The quantitative estimate of drug-likeness (QED) is 0.627. The minimum atomic E-state index is -0.574. The Morgan fingerprint density at radius 3 is 2.33 bits per heavy atom. The van der Waals surface area contributed by atoms with Gasteiger partial charge >= 0.3 is 5.97 Å². The van der Waals surface area contributed by atoms with Gasteiger partial charge in [0.15, 0.2) is 0 Å². The number of hydrogen-bond donors (Lipinski definition) is 0. The fourth-order valence-electron chi connectivity index (χ4n) is 2.98. The number of thioether (sulfide) groups is 1. The van der Waals surface area contributed by atoms with Gasteiger partial charge in [0.05, 0.1) is 26.2 Å². The van der Waals surface area contributed by atoms with Gasteiger partial charge in [0.2, 0.25) is 0 Å². The molecule has 0 aliphatic carbocycles. The number of hydrogen-bond acceptors (Lipinski definition) is 6. The van der Waals surface area contributed by atoms with Crippen molar-refractivity contribution in [3.8, 4) is 11.5 Å². The van der Waals surface area contributed by atoms with E-state index in [0.29, 0.717) is 35.3 Å². The lowest BCUT2D eigenvalue weighted by Gasteiger charge is -2.29. The van der Waals surface area contributed by atoms with Crippen LogP contribution in [0, 0.1) is 5.92 Å². The molecule has 0 spiro atoms. The monoisotopic (exact) mass is 395 g/mol. The van der Waals surface area contributed by atoms with E-state index in [1.54, 1.807) is 49.1 Å². The van der Waals surface area contributed by atoms with Crippen LogP contribution in [0.25, 0.3) is 0 Å². The van der Waals surface area contributed by atoms with Gasteiger partial charge in [0.25, 0.3) is 5.91 Å². The molecular weight excluding hydrogens is 366 g/mol. The second-order valence-electron chi connectivity index (χ2n) is 6.91. The molecule has 1 fully saturated rings. The van der Waals surface area contributed by atoms with Crippen molar-refractivity contribution < 1.29 is 23.8 Å². The van der Waals surface area contributed by atoms with Gasteiger partial charge in [0, 0.05) is 17.4 Å². The Hall–Kier alpha value is -1.89. The van der Waals surface area contributed by atoms with Gasteiger partial charge in [-0.1, -0.05) is 20.8 Å². The summed E-state index contributed by atoms with van der Waals surface area (Å²) in [5, 5.41) is -0.0612. The second-order valence-corrected chi connectivity index (χ2v) is 8.13. The molecule has 1 aromatic rings. The highest BCUT2D eigenvalue weighted by atomic mass is 32.2. The maximum absolute atomic E-state index is 13.4. The lowest BCUT2D eigenvalue weighted by atomic mass is 10.1. The van der Waals surface area contributed by atoms with Crippen molar-refractivity contribution in [2.45, 2.75) is 45.0 Å². The summed E-state index contributed by atoms with van der Waals surface area (Å²) in [7, 11) is 3.09. The summed E-state index contributed by atoms with van der Waals surface area (Å²) in [5.41, 5.74) is 0.441. The minimum absolute atomic E-state index is 0.0612. The molecule has 0 bridgehead atoms. The molecule has 0 saturated carbocycles. The molecule has 1 aliphatic heterocycles. The number of ether oxygens (including phenoxy) is 3. The average molecular weight is 396 g/mol. The summed E-state index contributed by atoms with van der Waals surface area (Å²) in [4.78, 5) is 27.6. The fourth-order valence-corrected chi connectivity index (χ4v) is 4.61. The third kappa shape index (κ3) is 5.31. The lowest BCUT2D eigenvalue weighted by molar-refractivity contribution is -0.148. The summed E-state index contributed by atoms with van der Waals surface area (Å²) >= 11 is 1.63. The van der Waals surface area contributed by atoms with E-state index in [1.807, 2.05) is 6.92 Å². The molecule has 7 heteroatoms. The Morgan fingerprint density at radius 1 is 1.19 bits per heavy atom. The number of carbonyl (C=O) groups is 2. The van der Waals surface area contributed by atoms with Crippen LogP contribution in [0.1, 0.15) is 44.0 Å². The molecule has 1 heterocycles. The largest absolute Gasteiger partial charge is 0.497 e. The van der Waals surface area contributed by atoms with E-state index in [-0.39, 0.29) is 17.3 Å². The molecule has 2 atom stereocenters. The van der Waals surface area contributed by atoms with E-state index in [2.05, 4.69) is 13.8 Å². The van der Waals surface area contributed by atoms with Crippen LogP contribution in [0.15, 0.2) is 18.2 Å². The molecule has 1 aromatic carbocycles. The number of methoxy groups -OCH3 is 2. The molecular formula is C20H29NO5S. The number of amides is 1. The van der Waals surface area contributed by atoms with Gasteiger partial charge in [-0.3, -0.25) is 4.79 Å². The SMILES string of the molecule is CCCOC(=O)C1CSC(CC(C)C)N1C(=O)c1cc(OC)cc(OC)c1. The third-order valence-electron chi connectivity index (χ3n) is 4.32. The smallest absolute Gasteiger partial charge is 0.329 e. The van der Waals surface area contributed by atoms with Gasteiger partial charge in [-0.15, -0.1) is 11.8 Å². The van der Waals surface area contributed by atoms with Crippen LogP contribution in [0.3, 0.4) is 0 Å². The molecule has 2 unspecified atom stereocenters. The topological polar surface area (TPSA) is 65.1 Å². The maximum atomic E-state index is 13.4. The standard InChI is InChI=1S/C20H29NO5S/c1-6-7-26-20(23)17-12-27-18(8-13(2)3)21(17)19(22)14-9-15(24-4)11-16(10-14)25-5/h9-11,13,17-18H,6-8,12H2,1-5H3. The summed E-state index contributed by atoms with van der Waals surface area (Å²) < 4.78 is 15.9. The molecule has 1 amide bonds. The first-order chi connectivity index (χ1) is 12.9. The van der Waals surface area contributed by atoms with Gasteiger partial charge in [-0.05, 0) is 30.9 Å². The van der Waals surface area contributed by atoms with E-state index in [9.17, 15) is 9.59 Å². The zero-order valence-electron chi connectivity index (χ0n) is 16.7. The maximum Gasteiger partial charge on any atom is 0.329 e. The molecule has 1 saturated heterocycles. The van der Waals surface area contributed by atoms with E-state index in [4.69, 9.17) is 14.2 Å². The van der Waals surface area contributed by atoms with Crippen molar-refractivity contribution in [1.82, 2.24) is 4.90 Å². The minimum Gasteiger partial charge on any atom is -0.497 e. The van der Waals surface area contributed by atoms with E-state index < -0.39 is 6.04 Å². The highest BCUT2D eigenvalue weighted by molar-refractivity contribution is 8.00.